The first-order valence-electron chi connectivity index (χ1n) is 7.43. The minimum absolute atomic E-state index is 0.0884. The molecule has 0 aliphatic rings. The van der Waals surface area contributed by atoms with Crippen LogP contribution in [0.4, 0.5) is 4.79 Å². The lowest BCUT2D eigenvalue weighted by atomic mass is 10.1. The van der Waals surface area contributed by atoms with Crippen molar-refractivity contribution in [3.05, 3.63) is 35.4 Å². The van der Waals surface area contributed by atoms with Gasteiger partial charge in [0.05, 0.1) is 0 Å². The van der Waals surface area contributed by atoms with Gasteiger partial charge < -0.3 is 15.5 Å². The van der Waals surface area contributed by atoms with E-state index in [1.807, 2.05) is 12.1 Å². The van der Waals surface area contributed by atoms with Crippen molar-refractivity contribution < 1.29 is 4.79 Å². The highest BCUT2D eigenvalue weighted by molar-refractivity contribution is 5.73. The van der Waals surface area contributed by atoms with Crippen LogP contribution in [0.5, 0.6) is 0 Å². The molecule has 0 fully saturated rings. The molecule has 2 amide bonds. The normalized spacial score (nSPS) is 10.6. The summed E-state index contributed by atoms with van der Waals surface area (Å²) in [7, 11) is 2.10. The molecule has 0 atom stereocenters. The average molecular weight is 277 g/mol. The predicted octanol–water partition coefficient (Wildman–Crippen LogP) is 2.74. The monoisotopic (exact) mass is 277 g/mol. The molecule has 4 nitrogen and oxygen atoms in total. The minimum Gasteiger partial charge on any atom is -0.338 e. The van der Waals surface area contributed by atoms with E-state index in [4.69, 9.17) is 0 Å². The maximum atomic E-state index is 11.6. The fraction of sp³-hybridized carbons (Fsp3) is 0.562. The van der Waals surface area contributed by atoms with Crippen LogP contribution in [0, 0.1) is 0 Å². The van der Waals surface area contributed by atoms with Crippen LogP contribution in [-0.2, 0) is 13.1 Å². The van der Waals surface area contributed by atoms with Crippen molar-refractivity contribution in [2.24, 2.45) is 0 Å². The lowest BCUT2D eigenvalue weighted by molar-refractivity contribution is 0.240. The minimum atomic E-state index is -0.0884. The van der Waals surface area contributed by atoms with E-state index < -0.39 is 0 Å². The van der Waals surface area contributed by atoms with Gasteiger partial charge in [-0.15, -0.1) is 0 Å². The average Bonchev–Trinajstić information content (AvgIpc) is 2.45. The molecule has 0 aromatic heterocycles. The number of urea groups is 1. The Morgan fingerprint density at radius 1 is 1.20 bits per heavy atom. The summed E-state index contributed by atoms with van der Waals surface area (Å²) in [6.45, 7) is 7.53. The number of rotatable bonds is 8. The number of amides is 2. The number of unbranched alkanes of at least 4 members (excludes halogenated alkanes) is 1. The Morgan fingerprint density at radius 2 is 1.95 bits per heavy atom. The van der Waals surface area contributed by atoms with Crippen molar-refractivity contribution in [1.82, 2.24) is 15.5 Å². The molecule has 2 N–H and O–H groups in total. The number of carbonyl (C=O) groups excluding carboxylic acids is 1. The number of hydrogen-bond donors (Lipinski definition) is 2. The quantitative estimate of drug-likeness (QED) is 0.718. The molecule has 0 aliphatic carbocycles. The van der Waals surface area contributed by atoms with Gasteiger partial charge in [0.15, 0.2) is 0 Å². The van der Waals surface area contributed by atoms with Crippen LogP contribution in [0.15, 0.2) is 24.3 Å². The van der Waals surface area contributed by atoms with E-state index in [2.05, 4.69) is 48.6 Å². The summed E-state index contributed by atoms with van der Waals surface area (Å²) in [5, 5.41) is 5.74. The van der Waals surface area contributed by atoms with Gasteiger partial charge in [0.25, 0.3) is 0 Å². The second-order valence-electron chi connectivity index (χ2n) is 5.11. The van der Waals surface area contributed by atoms with Gasteiger partial charge in [-0.2, -0.15) is 0 Å². The Bertz CT molecular complexity index is 406. The van der Waals surface area contributed by atoms with Crippen LogP contribution >= 0.6 is 0 Å². The highest BCUT2D eigenvalue weighted by Gasteiger charge is 2.02. The number of nitrogens with one attached hydrogen (secondary N) is 2. The lowest BCUT2D eigenvalue weighted by Crippen LogP contribution is -2.35. The highest BCUT2D eigenvalue weighted by Crippen LogP contribution is 2.07. The first-order valence-corrected chi connectivity index (χ1v) is 7.43. The van der Waals surface area contributed by atoms with Gasteiger partial charge in [0, 0.05) is 19.6 Å². The molecular formula is C16H27N3O. The van der Waals surface area contributed by atoms with Gasteiger partial charge >= 0.3 is 6.03 Å². The second kappa shape index (κ2) is 9.37. The Hall–Kier alpha value is -1.55. The number of carbonyl (C=O) groups is 1. The molecule has 0 saturated carbocycles. The SMILES string of the molecule is CCCCNC(=O)NCc1cccc(CN(C)CC)c1. The lowest BCUT2D eigenvalue weighted by Gasteiger charge is -2.14. The Balaban J connectivity index is 2.40. The first kappa shape index (κ1) is 16.5. The van der Waals surface area contributed by atoms with Crippen molar-refractivity contribution in [1.29, 1.82) is 0 Å². The van der Waals surface area contributed by atoms with Gasteiger partial charge in [-0.05, 0) is 31.1 Å². The van der Waals surface area contributed by atoms with E-state index >= 15 is 0 Å². The summed E-state index contributed by atoms with van der Waals surface area (Å²) >= 11 is 0. The van der Waals surface area contributed by atoms with E-state index in [9.17, 15) is 4.79 Å². The van der Waals surface area contributed by atoms with Gasteiger partial charge in [0.2, 0.25) is 0 Å². The summed E-state index contributed by atoms with van der Waals surface area (Å²) < 4.78 is 0. The summed E-state index contributed by atoms with van der Waals surface area (Å²) in [5.41, 5.74) is 2.41. The third kappa shape index (κ3) is 6.57. The van der Waals surface area contributed by atoms with Crippen molar-refractivity contribution in [2.75, 3.05) is 20.1 Å². The molecule has 0 heterocycles. The van der Waals surface area contributed by atoms with Gasteiger partial charge in [0.1, 0.15) is 0 Å². The fourth-order valence-corrected chi connectivity index (χ4v) is 1.88. The summed E-state index contributed by atoms with van der Waals surface area (Å²) in [4.78, 5) is 13.8. The molecule has 20 heavy (non-hydrogen) atoms. The summed E-state index contributed by atoms with van der Waals surface area (Å²) in [5.74, 6) is 0. The van der Waals surface area contributed by atoms with E-state index in [1.54, 1.807) is 0 Å². The molecule has 0 unspecified atom stereocenters. The molecule has 0 bridgehead atoms. The Kier molecular flexibility index (Phi) is 7.73. The molecular weight excluding hydrogens is 250 g/mol. The Labute approximate surface area is 122 Å². The topological polar surface area (TPSA) is 44.4 Å². The molecule has 1 aromatic rings. The Morgan fingerprint density at radius 3 is 2.65 bits per heavy atom. The zero-order valence-corrected chi connectivity index (χ0v) is 12.9. The van der Waals surface area contributed by atoms with E-state index in [0.717, 1.165) is 38.0 Å². The van der Waals surface area contributed by atoms with Crippen molar-refractivity contribution in [2.45, 2.75) is 39.8 Å². The molecule has 4 heteroatoms. The van der Waals surface area contributed by atoms with E-state index in [-0.39, 0.29) is 6.03 Å². The number of nitrogens with zero attached hydrogens (tertiary/aromatic N) is 1. The maximum absolute atomic E-state index is 11.6. The van der Waals surface area contributed by atoms with E-state index in [1.165, 1.54) is 5.56 Å². The molecule has 0 saturated heterocycles. The van der Waals surface area contributed by atoms with Crippen LogP contribution in [0.25, 0.3) is 0 Å². The standard InChI is InChI=1S/C16H27N3O/c1-4-6-10-17-16(20)18-12-14-8-7-9-15(11-14)13-19(3)5-2/h7-9,11H,4-6,10,12-13H2,1-3H3,(H2,17,18,20). The highest BCUT2D eigenvalue weighted by atomic mass is 16.2. The molecule has 112 valence electrons. The van der Waals surface area contributed by atoms with Crippen LogP contribution in [0.2, 0.25) is 0 Å². The van der Waals surface area contributed by atoms with Crippen LogP contribution in [-0.4, -0.2) is 31.1 Å². The smallest absolute Gasteiger partial charge is 0.315 e. The summed E-state index contributed by atoms with van der Waals surface area (Å²) in [6, 6.07) is 8.27. The third-order valence-electron chi connectivity index (χ3n) is 3.25. The third-order valence-corrected chi connectivity index (χ3v) is 3.25. The van der Waals surface area contributed by atoms with Gasteiger partial charge in [-0.25, -0.2) is 4.79 Å². The molecule has 0 radical (unpaired) electrons. The van der Waals surface area contributed by atoms with Gasteiger partial charge in [-0.1, -0.05) is 44.5 Å². The summed E-state index contributed by atoms with van der Waals surface area (Å²) in [6.07, 6.45) is 2.11. The zero-order chi connectivity index (χ0) is 14.8. The predicted molar refractivity (Wildman–Crippen MR) is 83.6 cm³/mol. The first-order chi connectivity index (χ1) is 9.65. The second-order valence-corrected chi connectivity index (χ2v) is 5.11. The van der Waals surface area contributed by atoms with Crippen LogP contribution in [0.3, 0.4) is 0 Å². The van der Waals surface area contributed by atoms with Crippen molar-refractivity contribution in [3.8, 4) is 0 Å². The number of benzene rings is 1. The van der Waals surface area contributed by atoms with Crippen LogP contribution < -0.4 is 10.6 Å². The van der Waals surface area contributed by atoms with E-state index in [0.29, 0.717) is 6.54 Å². The molecule has 1 aromatic carbocycles. The molecule has 1 rings (SSSR count). The largest absolute Gasteiger partial charge is 0.338 e. The van der Waals surface area contributed by atoms with Crippen LogP contribution in [0.1, 0.15) is 37.8 Å². The van der Waals surface area contributed by atoms with Crippen molar-refractivity contribution >= 4 is 6.03 Å². The van der Waals surface area contributed by atoms with Gasteiger partial charge in [-0.3, -0.25) is 0 Å². The zero-order valence-electron chi connectivity index (χ0n) is 12.9. The van der Waals surface area contributed by atoms with Crippen molar-refractivity contribution in [3.63, 3.8) is 0 Å². The number of hydrogen-bond acceptors (Lipinski definition) is 2. The molecule has 0 aliphatic heterocycles. The fourth-order valence-electron chi connectivity index (χ4n) is 1.88. The molecule has 0 spiro atoms. The maximum Gasteiger partial charge on any atom is 0.315 e.